The Labute approximate surface area is 81.4 Å². The normalized spacial score (nSPS) is 9.21. The number of methoxy groups -OCH3 is 1. The number of esters is 1. The highest BCUT2D eigenvalue weighted by atomic mass is 16.5. The molecule has 0 saturated heterocycles. The molecule has 1 N–H and O–H groups in total. The molecule has 0 saturated carbocycles. The highest BCUT2D eigenvalue weighted by Gasteiger charge is 2.11. The maximum Gasteiger partial charge on any atom is 0.339 e. The molecular weight excluding hydrogens is 182 g/mol. The van der Waals surface area contributed by atoms with E-state index in [9.17, 15) is 4.79 Å². The number of aliphatic hydroxyl groups is 1. The van der Waals surface area contributed by atoms with Gasteiger partial charge in [0.1, 0.15) is 6.07 Å². The predicted octanol–water partition coefficient (Wildman–Crippen LogP) is 0.837. The van der Waals surface area contributed by atoms with Crippen LogP contribution in [0.5, 0.6) is 0 Å². The van der Waals surface area contributed by atoms with E-state index in [1.54, 1.807) is 6.07 Å². The second-order valence-electron chi connectivity index (χ2n) is 2.64. The number of rotatable bonds is 2. The van der Waals surface area contributed by atoms with Gasteiger partial charge >= 0.3 is 5.97 Å². The number of nitrogens with zero attached hydrogens (tertiary/aromatic N) is 1. The lowest BCUT2D eigenvalue weighted by atomic mass is 10.1. The standard InChI is InChI=1S/C10H9NO3/c1-14-10(13)9-4-7(6-12)2-3-8(9)5-11/h2-4,12H,6H2,1H3. The van der Waals surface area contributed by atoms with Crippen molar-refractivity contribution in [2.75, 3.05) is 7.11 Å². The van der Waals surface area contributed by atoms with E-state index in [2.05, 4.69) is 4.74 Å². The van der Waals surface area contributed by atoms with Crippen molar-refractivity contribution in [3.8, 4) is 6.07 Å². The molecule has 0 aromatic heterocycles. The number of benzene rings is 1. The van der Waals surface area contributed by atoms with Crippen LogP contribution in [0.4, 0.5) is 0 Å². The topological polar surface area (TPSA) is 70.3 Å². The zero-order valence-corrected chi connectivity index (χ0v) is 7.65. The molecule has 4 nitrogen and oxygen atoms in total. The lowest BCUT2D eigenvalue weighted by molar-refractivity contribution is 0.0600. The Balaban J connectivity index is 3.23. The minimum Gasteiger partial charge on any atom is -0.465 e. The summed E-state index contributed by atoms with van der Waals surface area (Å²) in [7, 11) is 1.25. The van der Waals surface area contributed by atoms with Gasteiger partial charge in [0, 0.05) is 0 Å². The zero-order chi connectivity index (χ0) is 10.6. The van der Waals surface area contributed by atoms with Gasteiger partial charge < -0.3 is 9.84 Å². The Bertz CT molecular complexity index is 393. The number of hydrogen-bond donors (Lipinski definition) is 1. The van der Waals surface area contributed by atoms with Crippen LogP contribution in [0.3, 0.4) is 0 Å². The van der Waals surface area contributed by atoms with E-state index in [4.69, 9.17) is 10.4 Å². The molecule has 72 valence electrons. The molecule has 0 aliphatic heterocycles. The van der Waals surface area contributed by atoms with Crippen molar-refractivity contribution in [2.24, 2.45) is 0 Å². The Morgan fingerprint density at radius 3 is 2.86 bits per heavy atom. The Morgan fingerprint density at radius 2 is 2.36 bits per heavy atom. The van der Waals surface area contributed by atoms with Crippen LogP contribution in [0.15, 0.2) is 18.2 Å². The number of aliphatic hydroxyl groups excluding tert-OH is 1. The number of ether oxygens (including phenoxy) is 1. The van der Waals surface area contributed by atoms with Gasteiger partial charge in [-0.1, -0.05) is 6.07 Å². The Morgan fingerprint density at radius 1 is 1.64 bits per heavy atom. The lowest BCUT2D eigenvalue weighted by Gasteiger charge is -2.03. The molecule has 14 heavy (non-hydrogen) atoms. The van der Waals surface area contributed by atoms with Gasteiger partial charge in [-0.2, -0.15) is 5.26 Å². The molecule has 1 aromatic carbocycles. The molecule has 0 atom stereocenters. The summed E-state index contributed by atoms with van der Waals surface area (Å²) < 4.78 is 4.51. The average Bonchev–Trinajstić information content (AvgIpc) is 2.27. The molecule has 0 bridgehead atoms. The lowest BCUT2D eigenvalue weighted by Crippen LogP contribution is -2.05. The molecular formula is C10H9NO3. The van der Waals surface area contributed by atoms with Gasteiger partial charge in [0.05, 0.1) is 24.8 Å². The molecule has 1 rings (SSSR count). The second kappa shape index (κ2) is 4.40. The van der Waals surface area contributed by atoms with Crippen LogP contribution in [0, 0.1) is 11.3 Å². The van der Waals surface area contributed by atoms with E-state index >= 15 is 0 Å². The minimum absolute atomic E-state index is 0.171. The van der Waals surface area contributed by atoms with Crippen LogP contribution in [-0.2, 0) is 11.3 Å². The summed E-state index contributed by atoms with van der Waals surface area (Å²) in [5.74, 6) is -0.572. The molecule has 0 radical (unpaired) electrons. The molecule has 1 aromatic rings. The highest BCUT2D eigenvalue weighted by Crippen LogP contribution is 2.12. The molecule has 0 heterocycles. The first kappa shape index (κ1) is 10.2. The van der Waals surface area contributed by atoms with Crippen LogP contribution in [-0.4, -0.2) is 18.2 Å². The molecule has 0 aliphatic rings. The van der Waals surface area contributed by atoms with Crippen LogP contribution in [0.2, 0.25) is 0 Å². The van der Waals surface area contributed by atoms with Crippen LogP contribution in [0.1, 0.15) is 21.5 Å². The maximum absolute atomic E-state index is 11.2. The van der Waals surface area contributed by atoms with Gasteiger partial charge in [-0.15, -0.1) is 0 Å². The van der Waals surface area contributed by atoms with Crippen LogP contribution in [0.25, 0.3) is 0 Å². The van der Waals surface area contributed by atoms with Gasteiger partial charge in [0.2, 0.25) is 0 Å². The van der Waals surface area contributed by atoms with Gasteiger partial charge in [0.15, 0.2) is 0 Å². The van der Waals surface area contributed by atoms with Crippen molar-refractivity contribution in [3.63, 3.8) is 0 Å². The fourth-order valence-corrected chi connectivity index (χ4v) is 1.07. The smallest absolute Gasteiger partial charge is 0.339 e. The first-order valence-corrected chi connectivity index (χ1v) is 3.95. The van der Waals surface area contributed by atoms with Crippen LogP contribution < -0.4 is 0 Å². The average molecular weight is 191 g/mol. The monoisotopic (exact) mass is 191 g/mol. The summed E-state index contributed by atoms with van der Waals surface area (Å²) in [4.78, 5) is 11.2. The summed E-state index contributed by atoms with van der Waals surface area (Å²) in [6, 6.07) is 6.40. The van der Waals surface area contributed by atoms with E-state index < -0.39 is 5.97 Å². The summed E-state index contributed by atoms with van der Waals surface area (Å²) >= 11 is 0. The van der Waals surface area contributed by atoms with Gasteiger partial charge in [-0.05, 0) is 17.7 Å². The summed E-state index contributed by atoms with van der Waals surface area (Å²) in [5, 5.41) is 17.6. The molecule has 0 fully saturated rings. The number of carbonyl (C=O) groups is 1. The number of hydrogen-bond acceptors (Lipinski definition) is 4. The quantitative estimate of drug-likeness (QED) is 0.703. The zero-order valence-electron chi connectivity index (χ0n) is 7.65. The van der Waals surface area contributed by atoms with Gasteiger partial charge in [-0.25, -0.2) is 4.79 Å². The third-order valence-electron chi connectivity index (χ3n) is 1.79. The van der Waals surface area contributed by atoms with E-state index in [-0.39, 0.29) is 17.7 Å². The third-order valence-corrected chi connectivity index (χ3v) is 1.79. The van der Waals surface area contributed by atoms with E-state index in [0.717, 1.165) is 0 Å². The summed E-state index contributed by atoms with van der Waals surface area (Å²) in [5.41, 5.74) is 1.00. The van der Waals surface area contributed by atoms with Crippen molar-refractivity contribution in [2.45, 2.75) is 6.61 Å². The van der Waals surface area contributed by atoms with Gasteiger partial charge in [0.25, 0.3) is 0 Å². The Hall–Kier alpha value is -1.86. The second-order valence-corrected chi connectivity index (χ2v) is 2.64. The highest BCUT2D eigenvalue weighted by molar-refractivity contribution is 5.92. The molecule has 0 spiro atoms. The SMILES string of the molecule is COC(=O)c1cc(CO)ccc1C#N. The van der Waals surface area contributed by atoms with Crippen molar-refractivity contribution in [3.05, 3.63) is 34.9 Å². The first-order valence-electron chi connectivity index (χ1n) is 3.95. The van der Waals surface area contributed by atoms with E-state index in [0.29, 0.717) is 5.56 Å². The molecule has 0 unspecified atom stereocenters. The molecule has 4 heteroatoms. The fourth-order valence-electron chi connectivity index (χ4n) is 1.07. The molecule has 0 amide bonds. The van der Waals surface area contributed by atoms with E-state index in [1.807, 2.05) is 6.07 Å². The minimum atomic E-state index is -0.572. The van der Waals surface area contributed by atoms with Crippen molar-refractivity contribution in [1.29, 1.82) is 5.26 Å². The van der Waals surface area contributed by atoms with Gasteiger partial charge in [-0.3, -0.25) is 0 Å². The predicted molar refractivity (Wildman–Crippen MR) is 48.4 cm³/mol. The molecule has 0 aliphatic carbocycles. The number of nitriles is 1. The maximum atomic E-state index is 11.2. The first-order chi connectivity index (χ1) is 6.72. The van der Waals surface area contributed by atoms with E-state index in [1.165, 1.54) is 19.2 Å². The van der Waals surface area contributed by atoms with Crippen molar-refractivity contribution in [1.82, 2.24) is 0 Å². The third kappa shape index (κ3) is 1.90. The summed E-state index contributed by atoms with van der Waals surface area (Å²) in [6.45, 7) is -0.171. The van der Waals surface area contributed by atoms with Crippen molar-refractivity contribution >= 4 is 5.97 Å². The summed E-state index contributed by atoms with van der Waals surface area (Å²) in [6.07, 6.45) is 0. The van der Waals surface area contributed by atoms with Crippen molar-refractivity contribution < 1.29 is 14.6 Å². The number of carbonyl (C=O) groups excluding carboxylic acids is 1. The van der Waals surface area contributed by atoms with Crippen LogP contribution >= 0.6 is 0 Å². The Kier molecular flexibility index (Phi) is 3.21. The fraction of sp³-hybridized carbons (Fsp3) is 0.200. The largest absolute Gasteiger partial charge is 0.465 e.